The number of methoxy groups -OCH3 is 1. The summed E-state index contributed by atoms with van der Waals surface area (Å²) >= 11 is 0. The van der Waals surface area contributed by atoms with Gasteiger partial charge in [0, 0.05) is 6.08 Å². The molecule has 18 heavy (non-hydrogen) atoms. The van der Waals surface area contributed by atoms with Crippen molar-refractivity contribution in [3.63, 3.8) is 0 Å². The van der Waals surface area contributed by atoms with Gasteiger partial charge in [-0.3, -0.25) is 10.1 Å². The van der Waals surface area contributed by atoms with Gasteiger partial charge in [-0.2, -0.15) is 13.2 Å². The van der Waals surface area contributed by atoms with Crippen molar-refractivity contribution < 1.29 is 27.2 Å². The summed E-state index contributed by atoms with van der Waals surface area (Å²) < 4.78 is 55.1. The zero-order valence-corrected chi connectivity index (χ0v) is 8.99. The van der Waals surface area contributed by atoms with Crippen molar-refractivity contribution in [1.29, 1.82) is 0 Å². The van der Waals surface area contributed by atoms with Gasteiger partial charge in [-0.15, -0.1) is 0 Å². The molecule has 0 fully saturated rings. The van der Waals surface area contributed by atoms with Gasteiger partial charge in [-0.25, -0.2) is 4.39 Å². The highest BCUT2D eigenvalue weighted by Gasteiger charge is 2.32. The molecular formula is C10H7F4NO3. The highest BCUT2D eigenvalue weighted by molar-refractivity contribution is 5.58. The number of hydrogen-bond acceptors (Lipinski definition) is 3. The van der Waals surface area contributed by atoms with Crippen molar-refractivity contribution in [2.24, 2.45) is 0 Å². The lowest BCUT2D eigenvalue weighted by atomic mass is 10.1. The summed E-state index contributed by atoms with van der Waals surface area (Å²) in [6.07, 6.45) is -3.58. The minimum atomic E-state index is -4.72. The van der Waals surface area contributed by atoms with Crippen LogP contribution in [0.25, 0.3) is 6.08 Å². The number of nitro groups is 1. The van der Waals surface area contributed by atoms with Crippen LogP contribution in [0, 0.1) is 15.9 Å². The van der Waals surface area contributed by atoms with Gasteiger partial charge in [-0.05, 0) is 12.1 Å². The molecule has 0 unspecified atom stereocenters. The quantitative estimate of drug-likeness (QED) is 0.479. The molecule has 0 radical (unpaired) electrons. The molecule has 0 N–H and O–H groups in total. The van der Waals surface area contributed by atoms with Crippen LogP contribution in [0.15, 0.2) is 18.3 Å². The van der Waals surface area contributed by atoms with E-state index in [2.05, 4.69) is 4.74 Å². The van der Waals surface area contributed by atoms with Crippen LogP contribution in [-0.2, 0) is 6.18 Å². The molecule has 98 valence electrons. The normalized spacial score (nSPS) is 11.8. The summed E-state index contributed by atoms with van der Waals surface area (Å²) in [7, 11) is 1.04. The Balaban J connectivity index is 3.33. The van der Waals surface area contributed by atoms with E-state index >= 15 is 0 Å². The molecule has 0 aliphatic carbocycles. The van der Waals surface area contributed by atoms with Gasteiger partial charge in [-0.1, -0.05) is 0 Å². The third-order valence-corrected chi connectivity index (χ3v) is 2.00. The first-order valence-corrected chi connectivity index (χ1v) is 4.52. The first-order chi connectivity index (χ1) is 8.25. The van der Waals surface area contributed by atoms with Crippen molar-refractivity contribution in [2.45, 2.75) is 6.18 Å². The molecule has 0 bridgehead atoms. The van der Waals surface area contributed by atoms with Gasteiger partial charge in [0.2, 0.25) is 6.20 Å². The zero-order valence-electron chi connectivity index (χ0n) is 8.99. The minimum Gasteiger partial charge on any atom is -0.496 e. The molecule has 0 saturated carbocycles. The van der Waals surface area contributed by atoms with Gasteiger partial charge in [0.25, 0.3) is 0 Å². The molecule has 4 nitrogen and oxygen atoms in total. The van der Waals surface area contributed by atoms with E-state index < -0.39 is 33.8 Å². The zero-order chi connectivity index (χ0) is 13.9. The Bertz CT molecular complexity index is 497. The Kier molecular flexibility index (Phi) is 3.89. The average molecular weight is 265 g/mol. The number of benzene rings is 1. The monoisotopic (exact) mass is 265 g/mol. The molecule has 0 aromatic heterocycles. The second-order valence-electron chi connectivity index (χ2n) is 3.17. The molecule has 0 aliphatic heterocycles. The molecule has 0 saturated heterocycles. The summed E-state index contributed by atoms with van der Waals surface area (Å²) in [5.74, 6) is -1.68. The third-order valence-electron chi connectivity index (χ3n) is 2.00. The van der Waals surface area contributed by atoms with Crippen LogP contribution < -0.4 is 4.74 Å². The highest BCUT2D eigenvalue weighted by Crippen LogP contribution is 2.35. The van der Waals surface area contributed by atoms with Crippen LogP contribution in [0.5, 0.6) is 5.75 Å². The maximum absolute atomic E-state index is 13.4. The van der Waals surface area contributed by atoms with Crippen molar-refractivity contribution in [1.82, 2.24) is 0 Å². The van der Waals surface area contributed by atoms with Crippen LogP contribution in [0.2, 0.25) is 0 Å². The van der Waals surface area contributed by atoms with E-state index in [0.717, 1.165) is 13.2 Å². The molecule has 8 heteroatoms. The number of nitrogens with zero attached hydrogens (tertiary/aromatic N) is 1. The Labute approximate surface area is 98.6 Å². The molecule has 0 atom stereocenters. The Morgan fingerprint density at radius 1 is 1.39 bits per heavy atom. The average Bonchev–Trinajstić information content (AvgIpc) is 2.24. The third kappa shape index (κ3) is 3.19. The van der Waals surface area contributed by atoms with Gasteiger partial charge < -0.3 is 4.74 Å². The van der Waals surface area contributed by atoms with E-state index in [0.29, 0.717) is 12.3 Å². The lowest BCUT2D eigenvalue weighted by Gasteiger charge is -2.11. The van der Waals surface area contributed by atoms with Crippen LogP contribution >= 0.6 is 0 Å². The molecule has 0 amide bonds. The smallest absolute Gasteiger partial charge is 0.416 e. The molecule has 1 rings (SSSR count). The molecule has 0 heterocycles. The molecule has 0 aliphatic rings. The fraction of sp³-hybridized carbons (Fsp3) is 0.200. The Hall–Kier alpha value is -2.12. The SMILES string of the molecule is COc1cc(C(F)(F)F)cc(F)c1C=C[N+](=O)[O-]. The van der Waals surface area contributed by atoms with Crippen LogP contribution in [-0.4, -0.2) is 12.0 Å². The van der Waals surface area contributed by atoms with Crippen molar-refractivity contribution in [3.05, 3.63) is 45.4 Å². The topological polar surface area (TPSA) is 52.4 Å². The number of halogens is 4. The van der Waals surface area contributed by atoms with Gasteiger partial charge in [0.1, 0.15) is 11.6 Å². The second-order valence-corrected chi connectivity index (χ2v) is 3.17. The number of rotatable bonds is 3. The fourth-order valence-corrected chi connectivity index (χ4v) is 1.22. The van der Waals surface area contributed by atoms with Crippen molar-refractivity contribution in [3.8, 4) is 5.75 Å². The Morgan fingerprint density at radius 2 is 2.00 bits per heavy atom. The minimum absolute atomic E-state index is 0.252. The van der Waals surface area contributed by atoms with Crippen LogP contribution in [0.3, 0.4) is 0 Å². The molecular weight excluding hydrogens is 258 g/mol. The number of alkyl halides is 3. The predicted molar refractivity (Wildman–Crippen MR) is 54.0 cm³/mol. The maximum atomic E-state index is 13.4. The number of ether oxygens (including phenoxy) is 1. The van der Waals surface area contributed by atoms with E-state index in [1.807, 2.05) is 0 Å². The maximum Gasteiger partial charge on any atom is 0.416 e. The standard InChI is InChI=1S/C10H7F4NO3/c1-18-9-5-6(10(12,13)14)4-8(11)7(9)2-3-15(16)17/h2-5H,1H3. The predicted octanol–water partition coefficient (Wildman–Crippen LogP) is 3.10. The molecule has 0 spiro atoms. The summed E-state index contributed by atoms with van der Waals surface area (Å²) in [6, 6.07) is 0.824. The van der Waals surface area contributed by atoms with E-state index in [1.54, 1.807) is 0 Å². The number of hydrogen-bond donors (Lipinski definition) is 0. The summed E-state index contributed by atoms with van der Waals surface area (Å²) in [5, 5.41) is 10.1. The first kappa shape index (κ1) is 13.9. The van der Waals surface area contributed by atoms with Crippen LogP contribution in [0.4, 0.5) is 17.6 Å². The van der Waals surface area contributed by atoms with Crippen molar-refractivity contribution >= 4 is 6.08 Å². The fourth-order valence-electron chi connectivity index (χ4n) is 1.22. The lowest BCUT2D eigenvalue weighted by molar-refractivity contribution is -0.401. The van der Waals surface area contributed by atoms with E-state index in [1.165, 1.54) is 0 Å². The first-order valence-electron chi connectivity index (χ1n) is 4.52. The van der Waals surface area contributed by atoms with Gasteiger partial charge in [0.05, 0.1) is 23.2 Å². The van der Waals surface area contributed by atoms with E-state index in [4.69, 9.17) is 0 Å². The highest BCUT2D eigenvalue weighted by atomic mass is 19.4. The summed E-state index contributed by atoms with van der Waals surface area (Å²) in [4.78, 5) is 9.22. The van der Waals surface area contributed by atoms with E-state index in [9.17, 15) is 27.7 Å². The van der Waals surface area contributed by atoms with Crippen molar-refractivity contribution in [2.75, 3.05) is 7.11 Å². The second kappa shape index (κ2) is 5.03. The van der Waals surface area contributed by atoms with Crippen LogP contribution in [0.1, 0.15) is 11.1 Å². The van der Waals surface area contributed by atoms with Gasteiger partial charge in [0.15, 0.2) is 0 Å². The largest absolute Gasteiger partial charge is 0.496 e. The summed E-state index contributed by atoms with van der Waals surface area (Å²) in [5.41, 5.74) is -1.64. The Morgan fingerprint density at radius 3 is 2.44 bits per heavy atom. The summed E-state index contributed by atoms with van der Waals surface area (Å²) in [6.45, 7) is 0. The molecule has 1 aromatic carbocycles. The van der Waals surface area contributed by atoms with Gasteiger partial charge >= 0.3 is 6.18 Å². The van der Waals surface area contributed by atoms with E-state index in [-0.39, 0.29) is 6.07 Å². The molecule has 1 aromatic rings. The lowest BCUT2D eigenvalue weighted by Crippen LogP contribution is -2.07.